The quantitative estimate of drug-likeness (QED) is 0.789. The van der Waals surface area contributed by atoms with Crippen LogP contribution in [0.3, 0.4) is 0 Å². The van der Waals surface area contributed by atoms with Crippen molar-refractivity contribution in [3.05, 3.63) is 77.5 Å². The van der Waals surface area contributed by atoms with Gasteiger partial charge in [-0.25, -0.2) is 0 Å². The Balaban J connectivity index is 1.58. The summed E-state index contributed by atoms with van der Waals surface area (Å²) in [5.74, 6) is -2.14. The first kappa shape index (κ1) is 20.0. The summed E-state index contributed by atoms with van der Waals surface area (Å²) < 4.78 is 5.02. The maximum Gasteiger partial charge on any atom is 0.308 e. The maximum absolute atomic E-state index is 12.3. The van der Waals surface area contributed by atoms with Gasteiger partial charge in [0.2, 0.25) is 5.91 Å². The van der Waals surface area contributed by atoms with Crippen LogP contribution in [0.4, 0.5) is 0 Å². The molecule has 0 radical (unpaired) electrons. The number of hydrogen-bond acceptors (Lipinski definition) is 5. The molecular formula is C22H20N2O5. The third kappa shape index (κ3) is 4.95. The van der Waals surface area contributed by atoms with E-state index in [2.05, 4.69) is 5.32 Å². The number of nitrogens with zero attached hydrogens (tertiary/aromatic N) is 1. The number of carbonyl (C=O) groups excluding carboxylic acids is 4. The second kappa shape index (κ2) is 8.97. The maximum atomic E-state index is 12.3. The van der Waals surface area contributed by atoms with E-state index >= 15 is 0 Å². The number of benzene rings is 2. The Morgan fingerprint density at radius 1 is 1.00 bits per heavy atom. The Hall–Kier alpha value is -3.74. The number of carbonyl (C=O) groups is 4. The van der Waals surface area contributed by atoms with E-state index in [-0.39, 0.29) is 12.3 Å². The van der Waals surface area contributed by atoms with Crippen LogP contribution in [0.1, 0.15) is 40.9 Å². The number of hydrogen-bond donors (Lipinski definition) is 1. The molecule has 0 fully saturated rings. The van der Waals surface area contributed by atoms with Crippen molar-refractivity contribution in [3.63, 3.8) is 0 Å². The van der Waals surface area contributed by atoms with E-state index in [1.165, 1.54) is 11.8 Å². The first-order valence-corrected chi connectivity index (χ1v) is 9.06. The minimum absolute atomic E-state index is 0.110. The highest BCUT2D eigenvalue weighted by Crippen LogP contribution is 2.32. The molecule has 1 aliphatic heterocycles. The molecule has 7 nitrogen and oxygen atoms in total. The van der Waals surface area contributed by atoms with Crippen LogP contribution in [-0.4, -0.2) is 35.2 Å². The molecule has 29 heavy (non-hydrogen) atoms. The van der Waals surface area contributed by atoms with Gasteiger partial charge in [0.25, 0.3) is 11.8 Å². The molecule has 148 valence electrons. The molecule has 0 spiro atoms. The molecule has 0 saturated carbocycles. The van der Waals surface area contributed by atoms with Gasteiger partial charge in [-0.15, -0.1) is 0 Å². The predicted octanol–water partition coefficient (Wildman–Crippen LogP) is 2.45. The Kier molecular flexibility index (Phi) is 6.19. The monoisotopic (exact) mass is 392 g/mol. The van der Waals surface area contributed by atoms with Crippen LogP contribution < -0.4 is 5.32 Å². The molecule has 7 heteroatoms. The third-order valence-electron chi connectivity index (χ3n) is 4.48. The highest BCUT2D eigenvalue weighted by molar-refractivity contribution is 6.05. The fourth-order valence-electron chi connectivity index (χ4n) is 3.10. The fourth-order valence-corrected chi connectivity index (χ4v) is 3.10. The van der Waals surface area contributed by atoms with Gasteiger partial charge < -0.3 is 9.64 Å². The van der Waals surface area contributed by atoms with Crippen LogP contribution in [0, 0.1) is 0 Å². The fraction of sp³-hybridized carbons (Fsp3) is 0.182. The number of imide groups is 1. The van der Waals surface area contributed by atoms with E-state index in [0.717, 1.165) is 11.1 Å². The Morgan fingerprint density at radius 2 is 1.69 bits per heavy atom. The molecule has 1 N–H and O–H groups in total. The largest absolute Gasteiger partial charge is 0.455 e. The lowest BCUT2D eigenvalue weighted by Gasteiger charge is -2.32. The van der Waals surface area contributed by atoms with Crippen molar-refractivity contribution in [3.8, 4) is 0 Å². The lowest BCUT2D eigenvalue weighted by molar-refractivity contribution is -0.150. The van der Waals surface area contributed by atoms with Gasteiger partial charge in [-0.05, 0) is 29.3 Å². The minimum Gasteiger partial charge on any atom is -0.455 e. The first-order valence-electron chi connectivity index (χ1n) is 9.06. The molecule has 2 aromatic carbocycles. The topological polar surface area (TPSA) is 92.8 Å². The van der Waals surface area contributed by atoms with Gasteiger partial charge in [0.05, 0.1) is 12.5 Å². The minimum atomic E-state index is -0.723. The first-order chi connectivity index (χ1) is 14.0. The summed E-state index contributed by atoms with van der Waals surface area (Å²) in [6.07, 6.45) is 3.33. The number of ether oxygens (including phenoxy) is 1. The van der Waals surface area contributed by atoms with Crippen molar-refractivity contribution in [1.82, 2.24) is 10.2 Å². The van der Waals surface area contributed by atoms with Gasteiger partial charge in [-0.1, -0.05) is 42.5 Å². The molecule has 2 aromatic rings. The lowest BCUT2D eigenvalue weighted by atomic mass is 9.94. The number of nitrogens with one attached hydrogen (secondary N) is 1. The van der Waals surface area contributed by atoms with Crippen LogP contribution in [0.2, 0.25) is 0 Å². The van der Waals surface area contributed by atoms with Crippen molar-refractivity contribution < 1.29 is 23.9 Å². The zero-order valence-corrected chi connectivity index (χ0v) is 15.8. The Morgan fingerprint density at radius 3 is 2.41 bits per heavy atom. The standard InChI is InChI=1S/C22H20N2O5/c1-15(25)24-12-11-16-7-5-6-10-18(16)19(24)13-21(27)29-14-20(26)23-22(28)17-8-3-2-4-9-17/h2-12,19H,13-14H2,1H3,(H,23,26,28)/t19-/m0/s1. The highest BCUT2D eigenvalue weighted by atomic mass is 16.5. The van der Waals surface area contributed by atoms with Crippen LogP contribution >= 0.6 is 0 Å². The number of amides is 3. The summed E-state index contributed by atoms with van der Waals surface area (Å²) in [7, 11) is 0. The van der Waals surface area contributed by atoms with Crippen molar-refractivity contribution in [2.24, 2.45) is 0 Å². The average Bonchev–Trinajstić information content (AvgIpc) is 2.73. The Bertz CT molecular complexity index is 968. The summed E-state index contributed by atoms with van der Waals surface area (Å²) in [5, 5.41) is 2.17. The van der Waals surface area contributed by atoms with Crippen LogP contribution in [0.25, 0.3) is 6.08 Å². The van der Waals surface area contributed by atoms with E-state index in [1.807, 2.05) is 24.3 Å². The predicted molar refractivity (Wildman–Crippen MR) is 105 cm³/mol. The molecule has 0 bridgehead atoms. The lowest BCUT2D eigenvalue weighted by Crippen LogP contribution is -2.35. The van der Waals surface area contributed by atoms with E-state index < -0.39 is 30.4 Å². The van der Waals surface area contributed by atoms with Gasteiger partial charge in [0.1, 0.15) is 0 Å². The number of esters is 1. The van der Waals surface area contributed by atoms with E-state index in [4.69, 9.17) is 4.74 Å². The normalized spacial score (nSPS) is 14.7. The molecule has 3 rings (SSSR count). The summed E-state index contributed by atoms with van der Waals surface area (Å²) >= 11 is 0. The van der Waals surface area contributed by atoms with E-state index in [9.17, 15) is 19.2 Å². The Labute approximate surface area is 168 Å². The number of rotatable bonds is 5. The third-order valence-corrected chi connectivity index (χ3v) is 4.48. The van der Waals surface area contributed by atoms with Crippen LogP contribution in [0.5, 0.6) is 0 Å². The second-order valence-electron chi connectivity index (χ2n) is 6.49. The molecular weight excluding hydrogens is 372 g/mol. The van der Waals surface area contributed by atoms with Crippen LogP contribution in [-0.2, 0) is 19.1 Å². The van der Waals surface area contributed by atoms with Gasteiger partial charge in [-0.3, -0.25) is 24.5 Å². The molecule has 1 aliphatic rings. The molecule has 3 amide bonds. The van der Waals surface area contributed by atoms with Crippen molar-refractivity contribution in [2.45, 2.75) is 19.4 Å². The van der Waals surface area contributed by atoms with Crippen LogP contribution in [0.15, 0.2) is 60.8 Å². The molecule has 0 aromatic heterocycles. The van der Waals surface area contributed by atoms with E-state index in [1.54, 1.807) is 42.6 Å². The van der Waals surface area contributed by atoms with Gasteiger partial charge in [-0.2, -0.15) is 0 Å². The van der Waals surface area contributed by atoms with Gasteiger partial charge in [0.15, 0.2) is 6.61 Å². The highest BCUT2D eigenvalue weighted by Gasteiger charge is 2.29. The van der Waals surface area contributed by atoms with Crippen molar-refractivity contribution in [1.29, 1.82) is 0 Å². The van der Waals surface area contributed by atoms with Gasteiger partial charge >= 0.3 is 5.97 Å². The molecule has 0 unspecified atom stereocenters. The molecule has 0 aliphatic carbocycles. The molecule has 1 heterocycles. The summed E-state index contributed by atoms with van der Waals surface area (Å²) in [6.45, 7) is 0.834. The second-order valence-corrected chi connectivity index (χ2v) is 6.49. The summed E-state index contributed by atoms with van der Waals surface area (Å²) in [5.41, 5.74) is 2.06. The average molecular weight is 392 g/mol. The summed E-state index contributed by atoms with van der Waals surface area (Å²) in [4.78, 5) is 49.6. The zero-order chi connectivity index (χ0) is 20.8. The van der Waals surface area contributed by atoms with Gasteiger partial charge in [0, 0.05) is 18.7 Å². The molecule has 1 atom stereocenters. The molecule has 0 saturated heterocycles. The van der Waals surface area contributed by atoms with Crippen molar-refractivity contribution in [2.75, 3.05) is 6.61 Å². The SMILES string of the molecule is CC(=O)N1C=Cc2ccccc2[C@@H]1CC(=O)OCC(=O)NC(=O)c1ccccc1. The van der Waals surface area contributed by atoms with E-state index in [0.29, 0.717) is 5.56 Å². The smallest absolute Gasteiger partial charge is 0.308 e. The number of fused-ring (bicyclic) bond motifs is 1. The zero-order valence-electron chi connectivity index (χ0n) is 15.8. The van der Waals surface area contributed by atoms with Crippen molar-refractivity contribution >= 4 is 29.8 Å². The summed E-state index contributed by atoms with van der Waals surface area (Å²) in [6, 6.07) is 15.2.